The van der Waals surface area contributed by atoms with Crippen molar-refractivity contribution in [3.8, 4) is 0 Å². The van der Waals surface area contributed by atoms with Crippen molar-refractivity contribution in [3.05, 3.63) is 22.9 Å². The first kappa shape index (κ1) is 8.51. The van der Waals surface area contributed by atoms with Crippen LogP contribution in [0.1, 0.15) is 30.0 Å². The molecule has 0 aliphatic carbocycles. The highest BCUT2D eigenvalue weighted by atomic mass is 16.5. The van der Waals surface area contributed by atoms with E-state index in [0.29, 0.717) is 19.0 Å². The number of hydrogen-bond donors (Lipinski definition) is 1. The van der Waals surface area contributed by atoms with Crippen LogP contribution in [0.2, 0.25) is 0 Å². The molecule has 3 heteroatoms. The lowest BCUT2D eigenvalue weighted by molar-refractivity contribution is 0.134. The van der Waals surface area contributed by atoms with Gasteiger partial charge in [0, 0.05) is 11.8 Å². The maximum atomic E-state index is 5.75. The van der Waals surface area contributed by atoms with Crippen LogP contribution < -0.4 is 5.73 Å². The molecule has 0 amide bonds. The summed E-state index contributed by atoms with van der Waals surface area (Å²) in [5, 5.41) is 0. The minimum atomic E-state index is 0.631. The van der Waals surface area contributed by atoms with Crippen molar-refractivity contribution in [2.45, 2.75) is 33.0 Å². The molecule has 3 nitrogen and oxygen atoms in total. The van der Waals surface area contributed by atoms with Crippen LogP contribution in [0.25, 0.3) is 0 Å². The fourth-order valence-corrected chi connectivity index (χ4v) is 1.73. The second kappa shape index (κ2) is 3.34. The van der Waals surface area contributed by atoms with Crippen LogP contribution in [0, 0.1) is 0 Å². The standard InChI is InChI=1S/C10H14N2O/c1-2-3-7-4-12-10(11)9-6-13-5-8(7)9/h4H,2-3,5-6H2,1H3,(H2,11,12). The molecule has 70 valence electrons. The molecule has 0 saturated heterocycles. The summed E-state index contributed by atoms with van der Waals surface area (Å²) in [6.07, 6.45) is 4.09. The van der Waals surface area contributed by atoms with E-state index in [0.717, 1.165) is 18.4 Å². The highest BCUT2D eigenvalue weighted by molar-refractivity contribution is 5.48. The molecule has 0 bridgehead atoms. The molecule has 13 heavy (non-hydrogen) atoms. The molecule has 1 aliphatic rings. The number of fused-ring (bicyclic) bond motifs is 1. The van der Waals surface area contributed by atoms with Gasteiger partial charge in [-0.05, 0) is 17.5 Å². The molecule has 0 aromatic carbocycles. The normalized spacial score (nSPS) is 14.5. The zero-order chi connectivity index (χ0) is 9.26. The van der Waals surface area contributed by atoms with Gasteiger partial charge in [0.15, 0.2) is 0 Å². The van der Waals surface area contributed by atoms with Gasteiger partial charge < -0.3 is 10.5 Å². The third-order valence-electron chi connectivity index (χ3n) is 2.43. The summed E-state index contributed by atoms with van der Waals surface area (Å²) in [6, 6.07) is 0. The first-order valence-electron chi connectivity index (χ1n) is 4.65. The summed E-state index contributed by atoms with van der Waals surface area (Å²) in [7, 11) is 0. The van der Waals surface area contributed by atoms with Gasteiger partial charge >= 0.3 is 0 Å². The molecule has 1 aromatic rings. The van der Waals surface area contributed by atoms with Crippen LogP contribution in [0.5, 0.6) is 0 Å². The summed E-state index contributed by atoms with van der Waals surface area (Å²) in [5.74, 6) is 0.632. The van der Waals surface area contributed by atoms with E-state index in [4.69, 9.17) is 10.5 Å². The fraction of sp³-hybridized carbons (Fsp3) is 0.500. The Balaban J connectivity index is 2.43. The maximum absolute atomic E-state index is 5.75. The molecule has 2 heterocycles. The predicted molar refractivity (Wildman–Crippen MR) is 51.1 cm³/mol. The maximum Gasteiger partial charge on any atom is 0.129 e. The van der Waals surface area contributed by atoms with Gasteiger partial charge in [-0.2, -0.15) is 0 Å². The molecule has 1 aliphatic heterocycles. The monoisotopic (exact) mass is 178 g/mol. The molecule has 2 N–H and O–H groups in total. The van der Waals surface area contributed by atoms with Crippen molar-refractivity contribution in [3.63, 3.8) is 0 Å². The lowest BCUT2D eigenvalue weighted by Crippen LogP contribution is -2.01. The summed E-state index contributed by atoms with van der Waals surface area (Å²) >= 11 is 0. The number of aromatic nitrogens is 1. The van der Waals surface area contributed by atoms with Crippen LogP contribution in [0.4, 0.5) is 5.82 Å². The molecule has 2 rings (SSSR count). The lowest BCUT2D eigenvalue weighted by Gasteiger charge is -2.06. The molecule has 1 aromatic heterocycles. The topological polar surface area (TPSA) is 48.1 Å². The second-order valence-corrected chi connectivity index (χ2v) is 3.37. The quantitative estimate of drug-likeness (QED) is 0.749. The first-order valence-corrected chi connectivity index (χ1v) is 4.65. The Labute approximate surface area is 77.9 Å². The molecule has 0 radical (unpaired) electrons. The van der Waals surface area contributed by atoms with Crippen molar-refractivity contribution in [1.82, 2.24) is 4.98 Å². The van der Waals surface area contributed by atoms with E-state index in [1.54, 1.807) is 0 Å². The van der Waals surface area contributed by atoms with Crippen LogP contribution in [-0.2, 0) is 24.4 Å². The van der Waals surface area contributed by atoms with E-state index < -0.39 is 0 Å². The molecule has 0 unspecified atom stereocenters. The van der Waals surface area contributed by atoms with Gasteiger partial charge in [-0.1, -0.05) is 13.3 Å². The number of aryl methyl sites for hydroxylation is 1. The van der Waals surface area contributed by atoms with Crippen molar-refractivity contribution in [2.75, 3.05) is 5.73 Å². The average Bonchev–Trinajstić information content (AvgIpc) is 2.59. The summed E-state index contributed by atoms with van der Waals surface area (Å²) in [5.41, 5.74) is 9.42. The van der Waals surface area contributed by atoms with E-state index in [9.17, 15) is 0 Å². The zero-order valence-electron chi connectivity index (χ0n) is 7.84. The Morgan fingerprint density at radius 3 is 3.00 bits per heavy atom. The van der Waals surface area contributed by atoms with E-state index >= 15 is 0 Å². The number of anilines is 1. The van der Waals surface area contributed by atoms with Crippen molar-refractivity contribution >= 4 is 5.82 Å². The average molecular weight is 178 g/mol. The zero-order valence-corrected chi connectivity index (χ0v) is 7.84. The summed E-state index contributed by atoms with van der Waals surface area (Å²) in [4.78, 5) is 4.17. The van der Waals surface area contributed by atoms with Crippen molar-refractivity contribution < 1.29 is 4.74 Å². The van der Waals surface area contributed by atoms with Gasteiger partial charge in [-0.25, -0.2) is 4.98 Å². The van der Waals surface area contributed by atoms with Gasteiger partial charge in [-0.15, -0.1) is 0 Å². The smallest absolute Gasteiger partial charge is 0.129 e. The molecule has 0 atom stereocenters. The van der Waals surface area contributed by atoms with Gasteiger partial charge in [0.05, 0.1) is 13.2 Å². The molecule has 0 spiro atoms. The Kier molecular flexibility index (Phi) is 2.19. The number of ether oxygens (including phenoxy) is 1. The van der Waals surface area contributed by atoms with Crippen molar-refractivity contribution in [1.29, 1.82) is 0 Å². The second-order valence-electron chi connectivity index (χ2n) is 3.37. The van der Waals surface area contributed by atoms with Crippen LogP contribution in [0.15, 0.2) is 6.20 Å². The Morgan fingerprint density at radius 1 is 1.46 bits per heavy atom. The molecular formula is C10H14N2O. The predicted octanol–water partition coefficient (Wildman–Crippen LogP) is 1.65. The van der Waals surface area contributed by atoms with E-state index in [2.05, 4.69) is 11.9 Å². The van der Waals surface area contributed by atoms with Crippen LogP contribution >= 0.6 is 0 Å². The largest absolute Gasteiger partial charge is 0.383 e. The Bertz CT molecular complexity index is 323. The highest BCUT2D eigenvalue weighted by Gasteiger charge is 2.18. The third kappa shape index (κ3) is 1.40. The third-order valence-corrected chi connectivity index (χ3v) is 2.43. The number of hydrogen-bond acceptors (Lipinski definition) is 3. The minimum Gasteiger partial charge on any atom is -0.383 e. The van der Waals surface area contributed by atoms with Crippen LogP contribution in [0.3, 0.4) is 0 Å². The van der Waals surface area contributed by atoms with Gasteiger partial charge in [0.25, 0.3) is 0 Å². The summed E-state index contributed by atoms with van der Waals surface area (Å²) < 4.78 is 5.36. The highest BCUT2D eigenvalue weighted by Crippen LogP contribution is 2.27. The first-order chi connectivity index (χ1) is 6.33. The lowest BCUT2D eigenvalue weighted by atomic mass is 10.0. The van der Waals surface area contributed by atoms with Crippen molar-refractivity contribution in [2.24, 2.45) is 0 Å². The van der Waals surface area contributed by atoms with Gasteiger partial charge in [0.2, 0.25) is 0 Å². The minimum absolute atomic E-state index is 0.631. The summed E-state index contributed by atoms with van der Waals surface area (Å²) in [6.45, 7) is 3.50. The number of rotatable bonds is 2. The number of nitrogens with zero attached hydrogens (tertiary/aromatic N) is 1. The number of nitrogen functional groups attached to an aromatic ring is 1. The molecule has 0 saturated carbocycles. The van der Waals surface area contributed by atoms with Gasteiger partial charge in [0.1, 0.15) is 5.82 Å². The fourth-order valence-electron chi connectivity index (χ4n) is 1.73. The number of pyridine rings is 1. The Morgan fingerprint density at radius 2 is 2.23 bits per heavy atom. The van der Waals surface area contributed by atoms with E-state index in [1.165, 1.54) is 11.1 Å². The molecule has 0 fully saturated rings. The molecular weight excluding hydrogens is 164 g/mol. The van der Waals surface area contributed by atoms with E-state index in [-0.39, 0.29) is 0 Å². The number of nitrogens with two attached hydrogens (primary N) is 1. The SMILES string of the molecule is CCCc1cnc(N)c2c1COC2. The Hall–Kier alpha value is -1.09. The van der Waals surface area contributed by atoms with Gasteiger partial charge in [-0.3, -0.25) is 0 Å². The van der Waals surface area contributed by atoms with Crippen LogP contribution in [-0.4, -0.2) is 4.98 Å². The van der Waals surface area contributed by atoms with E-state index in [1.807, 2.05) is 6.20 Å².